The minimum atomic E-state index is -0.264. The zero-order valence-electron chi connectivity index (χ0n) is 6.50. The van der Waals surface area contributed by atoms with Gasteiger partial charge in [-0.3, -0.25) is 4.39 Å². The quantitative estimate of drug-likeness (QED) is 0.515. The van der Waals surface area contributed by atoms with Crippen molar-refractivity contribution in [3.8, 4) is 0 Å². The summed E-state index contributed by atoms with van der Waals surface area (Å²) in [5, 5.41) is 0. The van der Waals surface area contributed by atoms with Crippen molar-refractivity contribution >= 4 is 0 Å². The Morgan fingerprint density at radius 3 is 2.11 bits per heavy atom. The molecule has 0 aromatic rings. The van der Waals surface area contributed by atoms with Gasteiger partial charge >= 0.3 is 0 Å². The van der Waals surface area contributed by atoms with Crippen LogP contribution in [0.1, 0.15) is 27.2 Å². The summed E-state index contributed by atoms with van der Waals surface area (Å²) in [5.41, 5.74) is 0.851. The molecule has 0 aromatic heterocycles. The van der Waals surface area contributed by atoms with E-state index in [1.807, 2.05) is 20.8 Å². The number of hydrogen-bond acceptors (Lipinski definition) is 0. The Hall–Kier alpha value is -0.330. The summed E-state index contributed by atoms with van der Waals surface area (Å²) in [4.78, 5) is 0. The zero-order chi connectivity index (χ0) is 7.49. The molecule has 0 aliphatic heterocycles. The smallest absolute Gasteiger partial charge is 0.0948 e. The Morgan fingerprint density at radius 1 is 1.56 bits per heavy atom. The van der Waals surface area contributed by atoms with Crippen molar-refractivity contribution in [1.82, 2.24) is 0 Å². The van der Waals surface area contributed by atoms with Crippen molar-refractivity contribution in [1.29, 1.82) is 0 Å². The summed E-state index contributed by atoms with van der Waals surface area (Å²) in [6, 6.07) is 0. The lowest BCUT2D eigenvalue weighted by atomic mass is 9.88. The predicted molar refractivity (Wildman–Crippen MR) is 39.2 cm³/mol. The molecule has 0 saturated carbocycles. The van der Waals surface area contributed by atoms with E-state index in [2.05, 4.69) is 6.58 Å². The predicted octanol–water partition coefficient (Wildman–Crippen LogP) is 2.95. The molecule has 0 radical (unpaired) electrons. The normalized spacial score (nSPS) is 11.6. The standard InChI is InChI=1S/C8H15F/c1-7(2)5-8(3,4)6-9/h1,5-6H2,2-4H3. The van der Waals surface area contributed by atoms with E-state index in [1.165, 1.54) is 0 Å². The molecule has 0 fully saturated rings. The van der Waals surface area contributed by atoms with Crippen LogP contribution in [0.25, 0.3) is 0 Å². The fourth-order valence-corrected chi connectivity index (χ4v) is 0.864. The van der Waals surface area contributed by atoms with Gasteiger partial charge in [0.15, 0.2) is 0 Å². The van der Waals surface area contributed by atoms with Gasteiger partial charge in [-0.2, -0.15) is 0 Å². The highest BCUT2D eigenvalue weighted by Gasteiger charge is 2.16. The van der Waals surface area contributed by atoms with Crippen molar-refractivity contribution in [2.75, 3.05) is 6.67 Å². The topological polar surface area (TPSA) is 0 Å². The van der Waals surface area contributed by atoms with Gasteiger partial charge in [0, 0.05) is 0 Å². The molecule has 1 heteroatoms. The van der Waals surface area contributed by atoms with E-state index in [0.29, 0.717) is 0 Å². The maximum absolute atomic E-state index is 12.1. The molecule has 0 aliphatic carbocycles. The van der Waals surface area contributed by atoms with E-state index in [4.69, 9.17) is 0 Å². The molecule has 0 nitrogen and oxygen atoms in total. The largest absolute Gasteiger partial charge is 0.251 e. The van der Waals surface area contributed by atoms with Crippen molar-refractivity contribution in [3.63, 3.8) is 0 Å². The van der Waals surface area contributed by atoms with E-state index in [-0.39, 0.29) is 12.1 Å². The second-order valence-electron chi connectivity index (χ2n) is 3.43. The molecular weight excluding hydrogens is 115 g/mol. The first-order valence-electron chi connectivity index (χ1n) is 3.18. The minimum Gasteiger partial charge on any atom is -0.251 e. The van der Waals surface area contributed by atoms with Crippen LogP contribution in [0.15, 0.2) is 12.2 Å². The fraction of sp³-hybridized carbons (Fsp3) is 0.750. The minimum absolute atomic E-state index is 0.203. The van der Waals surface area contributed by atoms with E-state index in [0.717, 1.165) is 12.0 Å². The molecule has 0 rings (SSSR count). The SMILES string of the molecule is C=C(C)CC(C)(C)CF. The van der Waals surface area contributed by atoms with Crippen molar-refractivity contribution in [3.05, 3.63) is 12.2 Å². The van der Waals surface area contributed by atoms with Crippen LogP contribution in [0.5, 0.6) is 0 Å². The van der Waals surface area contributed by atoms with Gasteiger partial charge in [-0.1, -0.05) is 19.4 Å². The summed E-state index contributed by atoms with van der Waals surface area (Å²) in [5.74, 6) is 0. The highest BCUT2D eigenvalue weighted by atomic mass is 19.1. The Bertz CT molecular complexity index is 103. The average Bonchev–Trinajstić information content (AvgIpc) is 1.63. The fourth-order valence-electron chi connectivity index (χ4n) is 0.864. The van der Waals surface area contributed by atoms with E-state index in [1.54, 1.807) is 0 Å². The van der Waals surface area contributed by atoms with Crippen LogP contribution in [0.4, 0.5) is 4.39 Å². The molecule has 0 atom stereocenters. The average molecular weight is 130 g/mol. The van der Waals surface area contributed by atoms with Gasteiger partial charge < -0.3 is 0 Å². The number of allylic oxidation sites excluding steroid dienone is 1. The molecule has 0 N–H and O–H groups in total. The van der Waals surface area contributed by atoms with Crippen molar-refractivity contribution in [2.24, 2.45) is 5.41 Å². The number of halogens is 1. The van der Waals surface area contributed by atoms with Gasteiger partial charge in [-0.05, 0) is 18.8 Å². The van der Waals surface area contributed by atoms with Gasteiger partial charge in [-0.25, -0.2) is 0 Å². The van der Waals surface area contributed by atoms with Crippen molar-refractivity contribution in [2.45, 2.75) is 27.2 Å². The van der Waals surface area contributed by atoms with Crippen LogP contribution in [0.3, 0.4) is 0 Å². The van der Waals surface area contributed by atoms with Crippen LogP contribution >= 0.6 is 0 Å². The second-order valence-corrected chi connectivity index (χ2v) is 3.43. The van der Waals surface area contributed by atoms with Gasteiger partial charge in [0.25, 0.3) is 0 Å². The summed E-state index contributed by atoms with van der Waals surface area (Å²) in [7, 11) is 0. The number of alkyl halides is 1. The highest BCUT2D eigenvalue weighted by molar-refractivity contribution is 4.93. The first-order chi connectivity index (χ1) is 3.98. The van der Waals surface area contributed by atoms with Gasteiger partial charge in [0.2, 0.25) is 0 Å². The first kappa shape index (κ1) is 8.67. The van der Waals surface area contributed by atoms with Crippen molar-refractivity contribution < 1.29 is 4.39 Å². The lowest BCUT2D eigenvalue weighted by Crippen LogP contribution is -2.13. The lowest BCUT2D eigenvalue weighted by Gasteiger charge is -2.19. The van der Waals surface area contributed by atoms with Crippen LogP contribution in [0.2, 0.25) is 0 Å². The summed E-state index contributed by atoms with van der Waals surface area (Å²) in [6.45, 7) is 9.19. The van der Waals surface area contributed by atoms with E-state index >= 15 is 0 Å². The highest BCUT2D eigenvalue weighted by Crippen LogP contribution is 2.24. The second kappa shape index (κ2) is 3.00. The van der Waals surface area contributed by atoms with Crippen LogP contribution in [-0.4, -0.2) is 6.67 Å². The van der Waals surface area contributed by atoms with E-state index < -0.39 is 0 Å². The zero-order valence-corrected chi connectivity index (χ0v) is 6.50. The van der Waals surface area contributed by atoms with Gasteiger partial charge in [-0.15, -0.1) is 6.58 Å². The monoisotopic (exact) mass is 130 g/mol. The molecule has 0 unspecified atom stereocenters. The summed E-state index contributed by atoms with van der Waals surface area (Å²) >= 11 is 0. The Morgan fingerprint density at radius 2 is 2.00 bits per heavy atom. The Balaban J connectivity index is 3.71. The third kappa shape index (κ3) is 4.19. The molecule has 0 spiro atoms. The molecule has 0 aromatic carbocycles. The molecule has 9 heavy (non-hydrogen) atoms. The van der Waals surface area contributed by atoms with Crippen LogP contribution in [-0.2, 0) is 0 Å². The third-order valence-corrected chi connectivity index (χ3v) is 1.14. The molecule has 0 bridgehead atoms. The maximum Gasteiger partial charge on any atom is 0.0948 e. The molecule has 0 saturated heterocycles. The van der Waals surface area contributed by atoms with E-state index in [9.17, 15) is 4.39 Å². The summed E-state index contributed by atoms with van der Waals surface area (Å²) < 4.78 is 12.1. The molecular formula is C8H15F. The molecule has 0 heterocycles. The molecule has 0 aliphatic rings. The van der Waals surface area contributed by atoms with Crippen LogP contribution < -0.4 is 0 Å². The first-order valence-corrected chi connectivity index (χ1v) is 3.18. The van der Waals surface area contributed by atoms with Crippen LogP contribution in [0, 0.1) is 5.41 Å². The third-order valence-electron chi connectivity index (χ3n) is 1.14. The molecule has 54 valence electrons. The van der Waals surface area contributed by atoms with Gasteiger partial charge in [0.1, 0.15) is 0 Å². The maximum atomic E-state index is 12.1. The Labute approximate surface area is 56.8 Å². The lowest BCUT2D eigenvalue weighted by molar-refractivity contribution is 0.256. The summed E-state index contributed by atoms with van der Waals surface area (Å²) in [6.07, 6.45) is 0.781. The number of rotatable bonds is 3. The van der Waals surface area contributed by atoms with Gasteiger partial charge in [0.05, 0.1) is 6.67 Å². The Kier molecular flexibility index (Phi) is 2.89. The molecule has 0 amide bonds. The number of hydrogen-bond donors (Lipinski definition) is 0.